The highest BCUT2D eigenvalue weighted by Gasteiger charge is 2.23. The Labute approximate surface area is 145 Å². The highest BCUT2D eigenvalue weighted by Crippen LogP contribution is 2.26. The van der Waals surface area contributed by atoms with Crippen molar-refractivity contribution in [1.82, 2.24) is 9.59 Å². The van der Waals surface area contributed by atoms with Gasteiger partial charge in [-0.3, -0.25) is 4.79 Å². The highest BCUT2D eigenvalue weighted by atomic mass is 35.5. The second kappa shape index (κ2) is 7.02. The van der Waals surface area contributed by atoms with Gasteiger partial charge in [-0.15, -0.1) is 5.10 Å². The molecular weight excluding hydrogens is 356 g/mol. The van der Waals surface area contributed by atoms with Gasteiger partial charge in [-0.2, -0.15) is 0 Å². The Hall–Kier alpha value is -2.38. The third-order valence-corrected chi connectivity index (χ3v) is 4.22. The van der Waals surface area contributed by atoms with Gasteiger partial charge in [0.2, 0.25) is 0 Å². The molecule has 0 aliphatic carbocycles. The van der Waals surface area contributed by atoms with Gasteiger partial charge >= 0.3 is 0 Å². The van der Waals surface area contributed by atoms with E-state index in [1.165, 1.54) is 0 Å². The summed E-state index contributed by atoms with van der Waals surface area (Å²) in [7, 11) is 0. The molecule has 0 atom stereocenters. The maximum atomic E-state index is 12.8. The maximum absolute atomic E-state index is 12.8. The average Bonchev–Trinajstić information content (AvgIpc) is 3.06. The van der Waals surface area contributed by atoms with Crippen molar-refractivity contribution in [2.45, 2.75) is 6.43 Å². The molecule has 0 unspecified atom stereocenters. The predicted octanol–water partition coefficient (Wildman–Crippen LogP) is 5.05. The van der Waals surface area contributed by atoms with Crippen LogP contribution in [0.2, 0.25) is 5.02 Å². The monoisotopic (exact) mass is 365 g/mol. The van der Waals surface area contributed by atoms with Crippen LogP contribution in [-0.4, -0.2) is 15.5 Å². The Morgan fingerprint density at radius 2 is 1.88 bits per heavy atom. The SMILES string of the molecule is O=C(Nc1cccc(-c2ccc(Cl)cc2)c1)c1snnc1C(F)F. The van der Waals surface area contributed by atoms with Gasteiger partial charge in [-0.05, 0) is 46.9 Å². The lowest BCUT2D eigenvalue weighted by Crippen LogP contribution is -2.12. The van der Waals surface area contributed by atoms with Crippen LogP contribution in [0.4, 0.5) is 14.5 Å². The first-order chi connectivity index (χ1) is 11.5. The molecule has 1 amide bonds. The topological polar surface area (TPSA) is 54.9 Å². The minimum Gasteiger partial charge on any atom is -0.321 e. The Balaban J connectivity index is 1.83. The number of carbonyl (C=O) groups is 1. The van der Waals surface area contributed by atoms with Gasteiger partial charge in [0.05, 0.1) is 0 Å². The number of anilines is 1. The van der Waals surface area contributed by atoms with Crippen molar-refractivity contribution in [3.8, 4) is 11.1 Å². The van der Waals surface area contributed by atoms with Gasteiger partial charge in [0.15, 0.2) is 5.69 Å². The Bertz CT molecular complexity index is 868. The van der Waals surface area contributed by atoms with E-state index in [9.17, 15) is 13.6 Å². The van der Waals surface area contributed by atoms with Crippen LogP contribution in [0.3, 0.4) is 0 Å². The molecule has 0 bridgehead atoms. The number of amides is 1. The first-order valence-corrected chi connectivity index (χ1v) is 7.97. The van der Waals surface area contributed by atoms with E-state index in [4.69, 9.17) is 11.6 Å². The van der Waals surface area contributed by atoms with Crippen LogP contribution in [0.25, 0.3) is 11.1 Å². The van der Waals surface area contributed by atoms with Crippen LogP contribution in [-0.2, 0) is 0 Å². The molecule has 0 saturated heterocycles. The van der Waals surface area contributed by atoms with Crippen LogP contribution in [0, 0.1) is 0 Å². The van der Waals surface area contributed by atoms with Gasteiger partial charge < -0.3 is 5.32 Å². The van der Waals surface area contributed by atoms with Gasteiger partial charge in [0.1, 0.15) is 4.88 Å². The molecule has 0 aliphatic rings. The number of carbonyl (C=O) groups excluding carboxylic acids is 1. The summed E-state index contributed by atoms with van der Waals surface area (Å²) in [4.78, 5) is 12.0. The van der Waals surface area contributed by atoms with Crippen molar-refractivity contribution < 1.29 is 13.6 Å². The average molecular weight is 366 g/mol. The van der Waals surface area contributed by atoms with E-state index >= 15 is 0 Å². The number of rotatable bonds is 4. The smallest absolute Gasteiger partial charge is 0.283 e. The first kappa shape index (κ1) is 16.5. The third-order valence-electron chi connectivity index (χ3n) is 3.22. The predicted molar refractivity (Wildman–Crippen MR) is 89.7 cm³/mol. The van der Waals surface area contributed by atoms with Gasteiger partial charge in [0, 0.05) is 10.7 Å². The van der Waals surface area contributed by atoms with Gasteiger partial charge in [-0.1, -0.05) is 40.4 Å². The first-order valence-electron chi connectivity index (χ1n) is 6.82. The zero-order chi connectivity index (χ0) is 17.1. The van der Waals surface area contributed by atoms with Crippen LogP contribution in [0.1, 0.15) is 21.8 Å². The zero-order valence-corrected chi connectivity index (χ0v) is 13.6. The normalized spacial score (nSPS) is 10.8. The number of alkyl halides is 2. The molecule has 1 heterocycles. The van der Waals surface area contributed by atoms with Crippen molar-refractivity contribution in [3.63, 3.8) is 0 Å². The molecule has 1 N–H and O–H groups in total. The molecule has 8 heteroatoms. The largest absolute Gasteiger partial charge is 0.321 e. The standard InChI is InChI=1S/C16H10ClF2N3OS/c17-11-6-4-9(5-7-11)10-2-1-3-12(8-10)20-16(23)14-13(15(18)19)21-22-24-14/h1-8,15H,(H,20,23). The van der Waals surface area contributed by atoms with Crippen LogP contribution in [0.15, 0.2) is 48.5 Å². The number of nitrogens with one attached hydrogen (secondary N) is 1. The quantitative estimate of drug-likeness (QED) is 0.704. The number of benzene rings is 2. The second-order valence-electron chi connectivity index (χ2n) is 4.83. The van der Waals surface area contributed by atoms with Crippen LogP contribution in [0.5, 0.6) is 0 Å². The summed E-state index contributed by atoms with van der Waals surface area (Å²) in [6.45, 7) is 0. The Kier molecular flexibility index (Phi) is 4.82. The van der Waals surface area contributed by atoms with Crippen molar-refractivity contribution in [1.29, 1.82) is 0 Å². The number of hydrogen-bond donors (Lipinski definition) is 1. The molecule has 24 heavy (non-hydrogen) atoms. The highest BCUT2D eigenvalue weighted by molar-refractivity contribution is 7.08. The second-order valence-corrected chi connectivity index (χ2v) is 6.02. The summed E-state index contributed by atoms with van der Waals surface area (Å²) in [5, 5.41) is 6.52. The zero-order valence-electron chi connectivity index (χ0n) is 12.0. The lowest BCUT2D eigenvalue weighted by molar-refractivity contribution is 0.101. The summed E-state index contributed by atoms with van der Waals surface area (Å²) in [6.07, 6.45) is -2.84. The van der Waals surface area contributed by atoms with E-state index in [2.05, 4.69) is 14.9 Å². The number of halogens is 3. The lowest BCUT2D eigenvalue weighted by Gasteiger charge is -2.07. The number of aromatic nitrogens is 2. The fourth-order valence-corrected chi connectivity index (χ4v) is 2.80. The fraction of sp³-hybridized carbons (Fsp3) is 0.0625. The third kappa shape index (κ3) is 3.58. The summed E-state index contributed by atoms with van der Waals surface area (Å²) in [5.74, 6) is -0.659. The van der Waals surface area contributed by atoms with E-state index in [0.717, 1.165) is 11.1 Å². The minimum atomic E-state index is -2.84. The summed E-state index contributed by atoms with van der Waals surface area (Å²) in [5.41, 5.74) is 1.66. The van der Waals surface area contributed by atoms with E-state index in [1.807, 2.05) is 18.2 Å². The number of nitrogens with zero attached hydrogens (tertiary/aromatic N) is 2. The van der Waals surface area contributed by atoms with E-state index in [0.29, 0.717) is 22.2 Å². The van der Waals surface area contributed by atoms with E-state index < -0.39 is 18.0 Å². The lowest BCUT2D eigenvalue weighted by atomic mass is 10.1. The Morgan fingerprint density at radius 3 is 2.58 bits per heavy atom. The van der Waals surface area contributed by atoms with E-state index in [-0.39, 0.29) is 4.88 Å². The van der Waals surface area contributed by atoms with E-state index in [1.54, 1.807) is 30.3 Å². The van der Waals surface area contributed by atoms with Crippen LogP contribution >= 0.6 is 23.1 Å². The molecule has 0 aliphatic heterocycles. The summed E-state index contributed by atoms with van der Waals surface area (Å²) >= 11 is 6.51. The van der Waals surface area contributed by atoms with Crippen LogP contribution < -0.4 is 5.32 Å². The maximum Gasteiger partial charge on any atom is 0.283 e. The number of hydrogen-bond acceptors (Lipinski definition) is 4. The molecule has 4 nitrogen and oxygen atoms in total. The van der Waals surface area contributed by atoms with Crippen molar-refractivity contribution in [2.24, 2.45) is 0 Å². The molecule has 0 saturated carbocycles. The molecule has 3 aromatic rings. The summed E-state index contributed by atoms with van der Waals surface area (Å²) < 4.78 is 29.0. The van der Waals surface area contributed by atoms with Crippen molar-refractivity contribution in [3.05, 3.63) is 64.1 Å². The molecular formula is C16H10ClF2N3OS. The van der Waals surface area contributed by atoms with Crippen molar-refractivity contribution in [2.75, 3.05) is 5.32 Å². The van der Waals surface area contributed by atoms with Gasteiger partial charge in [0.25, 0.3) is 12.3 Å². The van der Waals surface area contributed by atoms with Crippen molar-refractivity contribution >= 4 is 34.7 Å². The molecule has 0 fully saturated rings. The fourth-order valence-electron chi connectivity index (χ4n) is 2.10. The molecule has 0 spiro atoms. The Morgan fingerprint density at radius 1 is 1.12 bits per heavy atom. The minimum absolute atomic E-state index is 0.193. The summed E-state index contributed by atoms with van der Waals surface area (Å²) in [6, 6.07) is 14.3. The molecule has 3 rings (SSSR count). The molecule has 1 aromatic heterocycles. The molecule has 122 valence electrons. The molecule has 0 radical (unpaired) electrons. The van der Waals surface area contributed by atoms with Gasteiger partial charge in [-0.25, -0.2) is 8.78 Å². The molecule has 2 aromatic carbocycles.